The van der Waals surface area contributed by atoms with Crippen LogP contribution in [0, 0.1) is 0 Å². The van der Waals surface area contributed by atoms with Crippen molar-refractivity contribution in [3.8, 4) is 11.3 Å². The summed E-state index contributed by atoms with van der Waals surface area (Å²) in [5.74, 6) is 0.863. The smallest absolute Gasteiger partial charge is 0.225 e. The average molecular weight is 388 g/mol. The highest BCUT2D eigenvalue weighted by Gasteiger charge is 2.34. The highest BCUT2D eigenvalue weighted by molar-refractivity contribution is 5.86. The van der Waals surface area contributed by atoms with E-state index in [1.807, 2.05) is 12.3 Å². The highest BCUT2D eigenvalue weighted by Crippen LogP contribution is 2.27. The van der Waals surface area contributed by atoms with Gasteiger partial charge in [-0.05, 0) is 49.8 Å². The molecule has 3 heterocycles. The summed E-state index contributed by atoms with van der Waals surface area (Å²) in [6, 6.07) is 18.3. The van der Waals surface area contributed by atoms with E-state index in [9.17, 15) is 0 Å². The van der Waals surface area contributed by atoms with Crippen LogP contribution in [0.15, 0.2) is 54.7 Å². The maximum Gasteiger partial charge on any atom is 0.225 e. The van der Waals surface area contributed by atoms with Crippen LogP contribution in [0.5, 0.6) is 0 Å². The summed E-state index contributed by atoms with van der Waals surface area (Å²) in [7, 11) is 4.39. The fraction of sp³-hybridized carbons (Fsp3) is 0.417. The van der Waals surface area contributed by atoms with Gasteiger partial charge in [-0.15, -0.1) is 0 Å². The molecule has 5 rings (SSSR count). The Bertz CT molecular complexity index is 1000. The normalized spacial score (nSPS) is 22.8. The van der Waals surface area contributed by atoms with Crippen molar-refractivity contribution >= 4 is 16.7 Å². The van der Waals surface area contributed by atoms with E-state index >= 15 is 0 Å². The second kappa shape index (κ2) is 7.73. The summed E-state index contributed by atoms with van der Waals surface area (Å²) in [5.41, 5.74) is 2.15. The molecular weight excluding hydrogens is 358 g/mol. The Morgan fingerprint density at radius 3 is 2.62 bits per heavy atom. The van der Waals surface area contributed by atoms with Gasteiger partial charge in [-0.25, -0.2) is 9.97 Å². The van der Waals surface area contributed by atoms with Crippen molar-refractivity contribution in [3.05, 3.63) is 54.7 Å². The van der Waals surface area contributed by atoms with Gasteiger partial charge in [0.25, 0.3) is 0 Å². The molecule has 0 aliphatic carbocycles. The first-order chi connectivity index (χ1) is 14.2. The number of nitrogens with zero attached hydrogens (tertiary/aromatic N) is 5. The minimum Gasteiger partial charge on any atom is -0.339 e. The molecule has 1 aromatic heterocycles. The summed E-state index contributed by atoms with van der Waals surface area (Å²) in [4.78, 5) is 16.9. The molecule has 0 saturated carbocycles. The zero-order chi connectivity index (χ0) is 19.8. The van der Waals surface area contributed by atoms with Gasteiger partial charge < -0.3 is 9.80 Å². The third-order valence-electron chi connectivity index (χ3n) is 6.58. The van der Waals surface area contributed by atoms with E-state index in [1.165, 1.54) is 36.7 Å². The largest absolute Gasteiger partial charge is 0.339 e. The van der Waals surface area contributed by atoms with E-state index in [1.54, 1.807) is 0 Å². The van der Waals surface area contributed by atoms with Crippen molar-refractivity contribution in [3.63, 3.8) is 0 Å². The molecule has 2 aliphatic heterocycles. The Labute approximate surface area is 173 Å². The average Bonchev–Trinajstić information content (AvgIpc) is 3.43. The third kappa shape index (κ3) is 3.72. The molecule has 0 N–H and O–H groups in total. The predicted octanol–water partition coefficient (Wildman–Crippen LogP) is 3.51. The highest BCUT2D eigenvalue weighted by atomic mass is 15.3. The van der Waals surface area contributed by atoms with E-state index in [0.29, 0.717) is 12.1 Å². The molecule has 0 amide bonds. The number of rotatable bonds is 4. The standard InChI is InChI=1S/C24H29N5/c1-27(2)21-10-13-28(16-21)22-11-14-29(17-22)24-25-12-9-23(26-24)20-8-7-18-5-3-4-6-19(18)15-20/h3-9,12,15,21-22H,10-11,13-14,16-17H2,1-2H3/t21-,22+/m0/s1. The quantitative estimate of drug-likeness (QED) is 0.685. The lowest BCUT2D eigenvalue weighted by atomic mass is 10.1. The zero-order valence-electron chi connectivity index (χ0n) is 17.3. The summed E-state index contributed by atoms with van der Waals surface area (Å²) in [5, 5.41) is 2.51. The van der Waals surface area contributed by atoms with Crippen molar-refractivity contribution in [2.45, 2.75) is 24.9 Å². The van der Waals surface area contributed by atoms with E-state index in [0.717, 1.165) is 30.3 Å². The molecule has 150 valence electrons. The Kier molecular flexibility index (Phi) is 4.94. The van der Waals surface area contributed by atoms with Gasteiger partial charge in [0.15, 0.2) is 0 Å². The fourth-order valence-electron chi connectivity index (χ4n) is 4.75. The topological polar surface area (TPSA) is 35.5 Å². The molecule has 29 heavy (non-hydrogen) atoms. The van der Waals surface area contributed by atoms with Crippen molar-refractivity contribution < 1.29 is 0 Å². The first-order valence-corrected chi connectivity index (χ1v) is 10.6. The first kappa shape index (κ1) is 18.5. The monoisotopic (exact) mass is 387 g/mol. The van der Waals surface area contributed by atoms with Crippen LogP contribution >= 0.6 is 0 Å². The molecule has 0 spiro atoms. The number of benzene rings is 2. The fourth-order valence-corrected chi connectivity index (χ4v) is 4.75. The van der Waals surface area contributed by atoms with Gasteiger partial charge >= 0.3 is 0 Å². The van der Waals surface area contributed by atoms with Gasteiger partial charge in [0, 0.05) is 50.0 Å². The van der Waals surface area contributed by atoms with Gasteiger partial charge in [-0.3, -0.25) is 4.90 Å². The molecule has 0 radical (unpaired) electrons. The molecule has 0 unspecified atom stereocenters. The Hall–Kier alpha value is -2.50. The van der Waals surface area contributed by atoms with E-state index in [-0.39, 0.29) is 0 Å². The predicted molar refractivity (Wildman–Crippen MR) is 119 cm³/mol. The van der Waals surface area contributed by atoms with Crippen LogP contribution in [-0.4, -0.2) is 72.1 Å². The van der Waals surface area contributed by atoms with Crippen LogP contribution in [0.25, 0.3) is 22.0 Å². The molecule has 2 saturated heterocycles. The molecular formula is C24H29N5. The van der Waals surface area contributed by atoms with Crippen LogP contribution in [0.4, 0.5) is 5.95 Å². The number of likely N-dealkylation sites (N-methyl/N-ethyl adjacent to an activating group) is 1. The Morgan fingerprint density at radius 1 is 0.931 bits per heavy atom. The Balaban J connectivity index is 1.32. The summed E-state index contributed by atoms with van der Waals surface area (Å²) >= 11 is 0. The van der Waals surface area contributed by atoms with Crippen molar-refractivity contribution in [1.82, 2.24) is 19.8 Å². The van der Waals surface area contributed by atoms with Crippen LogP contribution < -0.4 is 4.90 Å². The number of hydrogen-bond donors (Lipinski definition) is 0. The van der Waals surface area contributed by atoms with Crippen LogP contribution in [-0.2, 0) is 0 Å². The number of hydrogen-bond acceptors (Lipinski definition) is 5. The van der Waals surface area contributed by atoms with Crippen LogP contribution in [0.2, 0.25) is 0 Å². The van der Waals surface area contributed by atoms with E-state index < -0.39 is 0 Å². The first-order valence-electron chi connectivity index (χ1n) is 10.6. The zero-order valence-corrected chi connectivity index (χ0v) is 17.3. The van der Waals surface area contributed by atoms with Crippen molar-refractivity contribution in [1.29, 1.82) is 0 Å². The van der Waals surface area contributed by atoms with E-state index in [2.05, 4.69) is 76.2 Å². The molecule has 2 aromatic carbocycles. The van der Waals surface area contributed by atoms with Gasteiger partial charge in [0.05, 0.1) is 5.69 Å². The van der Waals surface area contributed by atoms with Gasteiger partial charge in [-0.2, -0.15) is 0 Å². The lowest BCUT2D eigenvalue weighted by Crippen LogP contribution is -2.39. The van der Waals surface area contributed by atoms with Crippen molar-refractivity contribution in [2.24, 2.45) is 0 Å². The molecule has 3 aromatic rings. The molecule has 2 aliphatic rings. The second-order valence-electron chi connectivity index (χ2n) is 8.59. The minimum absolute atomic E-state index is 0.618. The molecule has 5 heteroatoms. The lowest BCUT2D eigenvalue weighted by Gasteiger charge is -2.25. The second-order valence-corrected chi connectivity index (χ2v) is 8.59. The SMILES string of the molecule is CN(C)[C@H]1CCN([C@@H]2CCN(c3nccc(-c4ccc5ccccc5c4)n3)C2)C1. The van der Waals surface area contributed by atoms with Crippen LogP contribution in [0.3, 0.4) is 0 Å². The maximum absolute atomic E-state index is 4.92. The van der Waals surface area contributed by atoms with Gasteiger partial charge in [-0.1, -0.05) is 36.4 Å². The minimum atomic E-state index is 0.618. The van der Waals surface area contributed by atoms with Crippen LogP contribution in [0.1, 0.15) is 12.8 Å². The molecule has 5 nitrogen and oxygen atoms in total. The molecule has 2 fully saturated rings. The maximum atomic E-state index is 4.92. The van der Waals surface area contributed by atoms with Gasteiger partial charge in [0.1, 0.15) is 0 Å². The van der Waals surface area contributed by atoms with E-state index in [4.69, 9.17) is 4.98 Å². The Morgan fingerprint density at radius 2 is 1.79 bits per heavy atom. The summed E-state index contributed by atoms with van der Waals surface area (Å²) in [6.07, 6.45) is 4.37. The number of aromatic nitrogens is 2. The molecule has 2 atom stereocenters. The van der Waals surface area contributed by atoms with Gasteiger partial charge in [0.2, 0.25) is 5.95 Å². The number of anilines is 1. The number of fused-ring (bicyclic) bond motifs is 1. The molecule has 0 bridgehead atoms. The van der Waals surface area contributed by atoms with Crippen molar-refractivity contribution in [2.75, 3.05) is 45.2 Å². The summed E-state index contributed by atoms with van der Waals surface area (Å²) < 4.78 is 0. The number of likely N-dealkylation sites (tertiary alicyclic amines) is 1. The third-order valence-corrected chi connectivity index (χ3v) is 6.58. The lowest BCUT2D eigenvalue weighted by molar-refractivity contribution is 0.227. The summed E-state index contributed by atoms with van der Waals surface area (Å²) in [6.45, 7) is 4.46.